The maximum absolute atomic E-state index is 5.53. The van der Waals surface area contributed by atoms with E-state index in [4.69, 9.17) is 4.74 Å². The van der Waals surface area contributed by atoms with Gasteiger partial charge in [-0.25, -0.2) is 0 Å². The zero-order chi connectivity index (χ0) is 11.8. The second-order valence-electron chi connectivity index (χ2n) is 6.04. The van der Waals surface area contributed by atoms with E-state index in [0.717, 1.165) is 19.3 Å². The Hall–Kier alpha value is 0.270. The molecule has 0 aromatic heterocycles. The second-order valence-corrected chi connectivity index (χ2v) is 7.42. The van der Waals surface area contributed by atoms with Crippen LogP contribution in [0.3, 0.4) is 0 Å². The largest absolute Gasteiger partial charge is 0.381 e. The molecule has 2 saturated heterocycles. The number of nitrogens with zero attached hydrogens (tertiary/aromatic N) is 1. The molecule has 0 radical (unpaired) electrons. The summed E-state index contributed by atoms with van der Waals surface area (Å²) in [6.07, 6.45) is 2.41. The zero-order valence-electron chi connectivity index (χ0n) is 11.1. The van der Waals surface area contributed by atoms with E-state index < -0.39 is 0 Å². The molecule has 0 amide bonds. The summed E-state index contributed by atoms with van der Waals surface area (Å²) < 4.78 is 5.53. The Morgan fingerprint density at radius 2 is 1.94 bits per heavy atom. The van der Waals surface area contributed by atoms with E-state index in [-0.39, 0.29) is 0 Å². The number of thioether (sulfide) groups is 1. The molecule has 3 heteroatoms. The van der Waals surface area contributed by atoms with Gasteiger partial charge in [-0.2, -0.15) is 0 Å². The van der Waals surface area contributed by atoms with Gasteiger partial charge in [0.25, 0.3) is 0 Å². The van der Waals surface area contributed by atoms with Crippen LogP contribution in [-0.2, 0) is 4.74 Å². The summed E-state index contributed by atoms with van der Waals surface area (Å²) in [5, 5.41) is 0. The van der Waals surface area contributed by atoms with Crippen molar-refractivity contribution < 1.29 is 4.74 Å². The second kappa shape index (κ2) is 4.51. The summed E-state index contributed by atoms with van der Waals surface area (Å²) in [4.78, 5) is 3.14. The normalized spacial score (nSPS) is 31.1. The zero-order valence-corrected chi connectivity index (χ0v) is 11.9. The Labute approximate surface area is 104 Å². The molecule has 16 heavy (non-hydrogen) atoms. The van der Waals surface area contributed by atoms with Gasteiger partial charge in [-0.05, 0) is 24.8 Å². The SMILES string of the molecule is CCN1[C@H](C(C)(C)C)CSC12CCOCC2. The van der Waals surface area contributed by atoms with Crippen LogP contribution < -0.4 is 0 Å². The topological polar surface area (TPSA) is 12.5 Å². The lowest BCUT2D eigenvalue weighted by Crippen LogP contribution is -2.52. The number of rotatable bonds is 1. The maximum atomic E-state index is 5.53. The van der Waals surface area contributed by atoms with Gasteiger partial charge in [0.05, 0.1) is 4.87 Å². The standard InChI is InChI=1S/C13H25NOS/c1-5-14-11(12(2,3)4)10-16-13(14)6-8-15-9-7-13/h11H,5-10H2,1-4H3/t11-/m0/s1. The van der Waals surface area contributed by atoms with Gasteiger partial charge >= 0.3 is 0 Å². The average Bonchev–Trinajstić information content (AvgIpc) is 2.57. The van der Waals surface area contributed by atoms with Crippen molar-refractivity contribution in [3.8, 4) is 0 Å². The lowest BCUT2D eigenvalue weighted by molar-refractivity contribution is -0.00576. The predicted molar refractivity (Wildman–Crippen MR) is 70.9 cm³/mol. The van der Waals surface area contributed by atoms with Crippen molar-refractivity contribution in [2.75, 3.05) is 25.5 Å². The molecule has 0 aromatic carbocycles. The molecule has 0 saturated carbocycles. The third-order valence-electron chi connectivity index (χ3n) is 4.02. The van der Waals surface area contributed by atoms with E-state index in [1.54, 1.807) is 0 Å². The molecule has 0 aromatic rings. The molecule has 0 bridgehead atoms. The first-order chi connectivity index (χ1) is 7.49. The van der Waals surface area contributed by atoms with E-state index >= 15 is 0 Å². The minimum absolute atomic E-state index is 0.394. The Bertz CT molecular complexity index is 243. The van der Waals surface area contributed by atoms with E-state index in [1.807, 2.05) is 0 Å². The quantitative estimate of drug-likeness (QED) is 0.702. The summed E-state index contributed by atoms with van der Waals surface area (Å²) in [5.41, 5.74) is 0.394. The van der Waals surface area contributed by atoms with Crippen LogP contribution in [0.5, 0.6) is 0 Å². The highest BCUT2D eigenvalue weighted by atomic mass is 32.2. The molecule has 0 aliphatic carbocycles. The summed E-state index contributed by atoms with van der Waals surface area (Å²) in [5.74, 6) is 1.29. The predicted octanol–water partition coefficient (Wildman–Crippen LogP) is 2.98. The summed E-state index contributed by atoms with van der Waals surface area (Å²) >= 11 is 2.18. The van der Waals surface area contributed by atoms with E-state index in [2.05, 4.69) is 44.4 Å². The first kappa shape index (κ1) is 12.7. The van der Waals surface area contributed by atoms with Gasteiger partial charge < -0.3 is 4.74 Å². The molecule has 1 spiro atoms. The van der Waals surface area contributed by atoms with Crippen molar-refractivity contribution in [2.45, 2.75) is 51.4 Å². The minimum Gasteiger partial charge on any atom is -0.381 e. The van der Waals surface area contributed by atoms with Crippen LogP contribution in [0.1, 0.15) is 40.5 Å². The number of hydrogen-bond donors (Lipinski definition) is 0. The molecule has 2 heterocycles. The van der Waals surface area contributed by atoms with Gasteiger partial charge in [-0.1, -0.05) is 27.7 Å². The number of ether oxygens (including phenoxy) is 1. The van der Waals surface area contributed by atoms with Gasteiger partial charge in [0.15, 0.2) is 0 Å². The highest BCUT2D eigenvalue weighted by Gasteiger charge is 2.49. The third-order valence-corrected chi connectivity index (χ3v) is 5.69. The van der Waals surface area contributed by atoms with Crippen molar-refractivity contribution in [1.82, 2.24) is 4.90 Å². The monoisotopic (exact) mass is 243 g/mol. The van der Waals surface area contributed by atoms with Crippen molar-refractivity contribution >= 4 is 11.8 Å². The lowest BCUT2D eigenvalue weighted by atomic mass is 9.85. The Morgan fingerprint density at radius 3 is 2.44 bits per heavy atom. The van der Waals surface area contributed by atoms with E-state index in [1.165, 1.54) is 25.1 Å². The third kappa shape index (κ3) is 2.14. The van der Waals surface area contributed by atoms with Gasteiger partial charge in [-0.15, -0.1) is 11.8 Å². The average molecular weight is 243 g/mol. The molecule has 2 rings (SSSR count). The molecule has 2 fully saturated rings. The van der Waals surface area contributed by atoms with Gasteiger partial charge in [0.2, 0.25) is 0 Å². The fourth-order valence-electron chi connectivity index (χ4n) is 3.04. The fourth-order valence-corrected chi connectivity index (χ4v) is 5.06. The molecule has 2 aliphatic heterocycles. The maximum Gasteiger partial charge on any atom is 0.0717 e. The molecule has 2 nitrogen and oxygen atoms in total. The lowest BCUT2D eigenvalue weighted by Gasteiger charge is -2.45. The van der Waals surface area contributed by atoms with Crippen LogP contribution in [0.15, 0.2) is 0 Å². The molecule has 1 atom stereocenters. The Balaban J connectivity index is 2.17. The van der Waals surface area contributed by atoms with Crippen molar-refractivity contribution in [2.24, 2.45) is 5.41 Å². The van der Waals surface area contributed by atoms with Gasteiger partial charge in [0.1, 0.15) is 0 Å². The van der Waals surface area contributed by atoms with Crippen LogP contribution in [0, 0.1) is 5.41 Å². The minimum atomic E-state index is 0.394. The van der Waals surface area contributed by atoms with Crippen molar-refractivity contribution in [3.05, 3.63) is 0 Å². The smallest absolute Gasteiger partial charge is 0.0717 e. The first-order valence-corrected chi connectivity index (χ1v) is 7.46. The van der Waals surface area contributed by atoms with Crippen LogP contribution >= 0.6 is 11.8 Å². The van der Waals surface area contributed by atoms with Crippen LogP contribution in [0.2, 0.25) is 0 Å². The molecule has 94 valence electrons. The number of hydrogen-bond acceptors (Lipinski definition) is 3. The Kier molecular flexibility index (Phi) is 3.58. The van der Waals surface area contributed by atoms with Crippen molar-refractivity contribution in [3.63, 3.8) is 0 Å². The van der Waals surface area contributed by atoms with Crippen LogP contribution in [-0.4, -0.2) is 41.3 Å². The Morgan fingerprint density at radius 1 is 1.31 bits per heavy atom. The summed E-state index contributed by atoms with van der Waals surface area (Å²) in [7, 11) is 0. The van der Waals surface area contributed by atoms with E-state index in [0.29, 0.717) is 10.3 Å². The van der Waals surface area contributed by atoms with Gasteiger partial charge in [-0.3, -0.25) is 4.90 Å². The van der Waals surface area contributed by atoms with Crippen LogP contribution in [0.25, 0.3) is 0 Å². The summed E-state index contributed by atoms with van der Waals surface area (Å²) in [6, 6.07) is 0.723. The first-order valence-electron chi connectivity index (χ1n) is 6.48. The molecular weight excluding hydrogens is 218 g/mol. The molecule has 0 unspecified atom stereocenters. The molecular formula is C13H25NOS. The molecule has 0 N–H and O–H groups in total. The fraction of sp³-hybridized carbons (Fsp3) is 1.00. The van der Waals surface area contributed by atoms with Crippen LogP contribution in [0.4, 0.5) is 0 Å². The molecule has 2 aliphatic rings. The summed E-state index contributed by atoms with van der Waals surface area (Å²) in [6.45, 7) is 12.5. The highest BCUT2D eigenvalue weighted by Crippen LogP contribution is 2.49. The van der Waals surface area contributed by atoms with Crippen molar-refractivity contribution in [1.29, 1.82) is 0 Å². The van der Waals surface area contributed by atoms with E-state index in [9.17, 15) is 0 Å². The van der Waals surface area contributed by atoms with Gasteiger partial charge in [0, 0.05) is 25.0 Å². The highest BCUT2D eigenvalue weighted by molar-refractivity contribution is 8.00.